The van der Waals surface area contributed by atoms with E-state index in [1.165, 1.54) is 19.9 Å². The summed E-state index contributed by atoms with van der Waals surface area (Å²) < 4.78 is 16.0. The van der Waals surface area contributed by atoms with E-state index in [0.29, 0.717) is 24.8 Å². The van der Waals surface area contributed by atoms with Crippen LogP contribution in [0.25, 0.3) is 0 Å². The molecular weight excluding hydrogens is 376 g/mol. The van der Waals surface area contributed by atoms with Crippen LogP contribution in [0, 0.1) is 0 Å². The van der Waals surface area contributed by atoms with E-state index in [2.05, 4.69) is 0 Å². The monoisotopic (exact) mass is 406 g/mol. The van der Waals surface area contributed by atoms with Crippen LogP contribution in [-0.2, 0) is 20.7 Å². The number of benzene rings is 1. The molecule has 1 aromatic rings. The molecule has 2 atom stereocenters. The van der Waals surface area contributed by atoms with Gasteiger partial charge < -0.3 is 19.3 Å². The number of carbonyl (C=O) groups is 3. The average Bonchev–Trinajstić information content (AvgIpc) is 2.59. The highest BCUT2D eigenvalue weighted by Crippen LogP contribution is 2.32. The topological polar surface area (TPSA) is 99.1 Å². The Morgan fingerprint density at radius 3 is 2.38 bits per heavy atom. The third kappa shape index (κ3) is 7.49. The summed E-state index contributed by atoms with van der Waals surface area (Å²) in [5, 5.41) is 10.1. The Hall–Kier alpha value is -2.41. The fourth-order valence-corrected chi connectivity index (χ4v) is 3.49. The minimum absolute atomic E-state index is 0.0333. The molecular formula is C22H30O7. The van der Waals surface area contributed by atoms with E-state index in [1.54, 1.807) is 13.0 Å². The second-order valence-electron chi connectivity index (χ2n) is 7.54. The van der Waals surface area contributed by atoms with Crippen LogP contribution in [0.15, 0.2) is 12.1 Å². The smallest absolute Gasteiger partial charge is 0.342 e. The van der Waals surface area contributed by atoms with Gasteiger partial charge in [0, 0.05) is 19.9 Å². The van der Waals surface area contributed by atoms with E-state index in [0.717, 1.165) is 32.1 Å². The van der Waals surface area contributed by atoms with Crippen LogP contribution in [0.5, 0.6) is 11.5 Å². The van der Waals surface area contributed by atoms with Gasteiger partial charge in [-0.2, -0.15) is 0 Å². The number of cyclic esters (lactones) is 1. The number of ether oxygens (including phenoxy) is 3. The molecule has 1 aliphatic rings. The summed E-state index contributed by atoms with van der Waals surface area (Å²) in [5.74, 6) is -1.42. The lowest BCUT2D eigenvalue weighted by atomic mass is 9.97. The maximum absolute atomic E-state index is 12.9. The molecule has 1 unspecified atom stereocenters. The van der Waals surface area contributed by atoms with Crippen LogP contribution < -0.4 is 9.47 Å². The first-order valence-electron chi connectivity index (χ1n) is 10.2. The van der Waals surface area contributed by atoms with Gasteiger partial charge in [-0.05, 0) is 57.1 Å². The van der Waals surface area contributed by atoms with Crippen molar-refractivity contribution in [3.05, 3.63) is 23.3 Å². The molecule has 0 saturated heterocycles. The van der Waals surface area contributed by atoms with Crippen LogP contribution in [0.3, 0.4) is 0 Å². The molecule has 1 aromatic carbocycles. The molecule has 0 aliphatic carbocycles. The van der Waals surface area contributed by atoms with Crippen molar-refractivity contribution < 1.29 is 33.7 Å². The largest absolute Gasteiger partial charge is 0.459 e. The highest BCUT2D eigenvalue weighted by Gasteiger charge is 2.24. The predicted octanol–water partition coefficient (Wildman–Crippen LogP) is 3.73. The number of fused-ring (bicyclic) bond motifs is 1. The standard InChI is InChI=1S/C22H30O7/c1-14-8-7-11-18(25)10-6-4-5-9-17-12-19(28-15(2)23)13-20(29-16(3)24)21(17)22(26)27-14/h12-14,18,25H,4-11H2,1-3H3/t14-,18?/m1/s1. The lowest BCUT2D eigenvalue weighted by Crippen LogP contribution is -2.19. The number of carbonyl (C=O) groups excluding carboxylic acids is 3. The predicted molar refractivity (Wildman–Crippen MR) is 106 cm³/mol. The van der Waals surface area contributed by atoms with Gasteiger partial charge in [-0.25, -0.2) is 4.79 Å². The second-order valence-corrected chi connectivity index (χ2v) is 7.54. The zero-order valence-electron chi connectivity index (χ0n) is 17.4. The van der Waals surface area contributed by atoms with E-state index in [4.69, 9.17) is 14.2 Å². The van der Waals surface area contributed by atoms with Gasteiger partial charge in [0.25, 0.3) is 0 Å². The third-order valence-electron chi connectivity index (χ3n) is 4.82. The fourth-order valence-electron chi connectivity index (χ4n) is 3.49. The molecule has 0 spiro atoms. The number of aliphatic hydroxyl groups excluding tert-OH is 1. The normalized spacial score (nSPS) is 21.3. The van der Waals surface area contributed by atoms with E-state index in [9.17, 15) is 19.5 Å². The molecule has 160 valence electrons. The molecule has 1 aliphatic heterocycles. The Kier molecular flexibility index (Phi) is 8.64. The molecule has 0 radical (unpaired) electrons. The summed E-state index contributed by atoms with van der Waals surface area (Å²) in [5.41, 5.74) is 0.801. The van der Waals surface area contributed by atoms with Crippen molar-refractivity contribution >= 4 is 17.9 Å². The molecule has 1 N–H and O–H groups in total. The van der Waals surface area contributed by atoms with Crippen LogP contribution in [0.4, 0.5) is 0 Å². The minimum Gasteiger partial charge on any atom is -0.459 e. The SMILES string of the molecule is CC(=O)Oc1cc2c(c(OC(C)=O)c1)C(=O)O[C@H](C)CCCC(O)CCCCC2. The van der Waals surface area contributed by atoms with Crippen molar-refractivity contribution in [2.75, 3.05) is 0 Å². The van der Waals surface area contributed by atoms with Gasteiger partial charge in [-0.3, -0.25) is 9.59 Å². The maximum Gasteiger partial charge on any atom is 0.342 e. The molecule has 0 bridgehead atoms. The van der Waals surface area contributed by atoms with Gasteiger partial charge in [0.05, 0.1) is 12.2 Å². The Balaban J connectivity index is 2.42. The molecule has 7 heteroatoms. The zero-order valence-corrected chi connectivity index (χ0v) is 17.4. The van der Waals surface area contributed by atoms with Crippen molar-refractivity contribution in [1.29, 1.82) is 0 Å². The fraction of sp³-hybridized carbons (Fsp3) is 0.591. The summed E-state index contributed by atoms with van der Waals surface area (Å²) in [7, 11) is 0. The average molecular weight is 406 g/mol. The first kappa shape index (κ1) is 22.9. The highest BCUT2D eigenvalue weighted by molar-refractivity contribution is 5.95. The van der Waals surface area contributed by atoms with Crippen LogP contribution in [0.2, 0.25) is 0 Å². The molecule has 0 amide bonds. The van der Waals surface area contributed by atoms with Crippen molar-refractivity contribution in [3.63, 3.8) is 0 Å². The van der Waals surface area contributed by atoms with E-state index < -0.39 is 17.9 Å². The van der Waals surface area contributed by atoms with Crippen molar-refractivity contribution in [2.24, 2.45) is 0 Å². The Bertz CT molecular complexity index is 741. The highest BCUT2D eigenvalue weighted by atomic mass is 16.6. The Labute approximate surface area is 171 Å². The molecule has 2 rings (SSSR count). The van der Waals surface area contributed by atoms with Gasteiger partial charge in [0.1, 0.15) is 17.1 Å². The van der Waals surface area contributed by atoms with Gasteiger partial charge in [0.2, 0.25) is 0 Å². The molecule has 0 fully saturated rings. The van der Waals surface area contributed by atoms with Crippen molar-refractivity contribution in [3.8, 4) is 11.5 Å². The van der Waals surface area contributed by atoms with Gasteiger partial charge >= 0.3 is 17.9 Å². The zero-order chi connectivity index (χ0) is 21.4. The third-order valence-corrected chi connectivity index (χ3v) is 4.82. The molecule has 0 saturated carbocycles. The van der Waals surface area contributed by atoms with Gasteiger partial charge in [0.15, 0.2) is 0 Å². The number of hydrogen-bond donors (Lipinski definition) is 1. The Morgan fingerprint density at radius 1 is 1.00 bits per heavy atom. The van der Waals surface area contributed by atoms with Crippen molar-refractivity contribution in [1.82, 2.24) is 0 Å². The minimum atomic E-state index is -0.582. The maximum atomic E-state index is 12.9. The molecule has 29 heavy (non-hydrogen) atoms. The molecule has 7 nitrogen and oxygen atoms in total. The lowest BCUT2D eigenvalue weighted by molar-refractivity contribution is -0.132. The number of aliphatic hydroxyl groups is 1. The summed E-state index contributed by atoms with van der Waals surface area (Å²) in [4.78, 5) is 35.9. The first-order valence-corrected chi connectivity index (χ1v) is 10.2. The molecule has 0 aromatic heterocycles. The quantitative estimate of drug-likeness (QED) is 0.590. The Morgan fingerprint density at radius 2 is 1.69 bits per heavy atom. The van der Waals surface area contributed by atoms with Gasteiger partial charge in [-0.15, -0.1) is 0 Å². The summed E-state index contributed by atoms with van der Waals surface area (Å²) in [6.07, 6.45) is 5.19. The van der Waals surface area contributed by atoms with Crippen molar-refractivity contribution in [2.45, 2.75) is 84.3 Å². The number of esters is 3. The number of aryl methyl sites for hydroxylation is 1. The molecule has 1 heterocycles. The second kappa shape index (κ2) is 11.0. The summed E-state index contributed by atoms with van der Waals surface area (Å²) in [6.45, 7) is 4.32. The number of hydrogen-bond acceptors (Lipinski definition) is 7. The van der Waals surface area contributed by atoms with E-state index in [-0.39, 0.29) is 29.3 Å². The summed E-state index contributed by atoms with van der Waals surface area (Å²) in [6, 6.07) is 2.99. The summed E-state index contributed by atoms with van der Waals surface area (Å²) >= 11 is 0. The van der Waals surface area contributed by atoms with Crippen LogP contribution >= 0.6 is 0 Å². The number of rotatable bonds is 2. The van der Waals surface area contributed by atoms with Crippen LogP contribution in [-0.4, -0.2) is 35.2 Å². The van der Waals surface area contributed by atoms with Gasteiger partial charge in [-0.1, -0.05) is 12.8 Å². The first-order chi connectivity index (χ1) is 13.8. The van der Waals surface area contributed by atoms with E-state index in [1.807, 2.05) is 0 Å². The van der Waals surface area contributed by atoms with Crippen LogP contribution in [0.1, 0.15) is 81.6 Å². The van der Waals surface area contributed by atoms with E-state index >= 15 is 0 Å². The lowest BCUT2D eigenvalue weighted by Gasteiger charge is -2.19.